The fourth-order valence-electron chi connectivity index (χ4n) is 1.00. The molecule has 1 unspecified atom stereocenters. The molecule has 14 heteroatoms. The van der Waals surface area contributed by atoms with Crippen LogP contribution in [0.3, 0.4) is 0 Å². The minimum absolute atomic E-state index is 0.746. The molecule has 0 saturated heterocycles. The van der Waals surface area contributed by atoms with Gasteiger partial charge >= 0.3 is 32.2 Å². The molecule has 20 heavy (non-hydrogen) atoms. The van der Waals surface area contributed by atoms with E-state index in [0.29, 0.717) is 0 Å². The van der Waals surface area contributed by atoms with E-state index in [1.165, 1.54) is 0 Å². The lowest BCUT2D eigenvalue weighted by molar-refractivity contribution is 0.354. The predicted molar refractivity (Wildman–Crippen MR) is 62.2 cm³/mol. The summed E-state index contributed by atoms with van der Waals surface area (Å²) in [6.07, 6.45) is 0. The number of rotatable bonds is 6. The second-order valence-electron chi connectivity index (χ2n) is 2.91. The maximum atomic E-state index is 10.6. The van der Waals surface area contributed by atoms with Crippen molar-refractivity contribution in [2.24, 2.45) is 0 Å². The van der Waals surface area contributed by atoms with Crippen LogP contribution in [0.2, 0.25) is 0 Å². The predicted octanol–water partition coefficient (Wildman–Crippen LogP) is -0.435. The molecule has 0 radical (unpaired) electrons. The minimum atomic E-state index is -5.13. The van der Waals surface area contributed by atoms with E-state index < -0.39 is 49.4 Å². The van der Waals surface area contributed by atoms with Gasteiger partial charge in [-0.25, -0.2) is 0 Å². The first-order valence-electron chi connectivity index (χ1n) is 4.24. The van der Waals surface area contributed by atoms with Gasteiger partial charge in [-0.05, 0) is 12.1 Å². The van der Waals surface area contributed by atoms with Gasteiger partial charge in [0.15, 0.2) is 11.5 Å². The third-order valence-electron chi connectivity index (χ3n) is 1.49. The monoisotopic (exact) mass is 350 g/mol. The van der Waals surface area contributed by atoms with Crippen molar-refractivity contribution >= 4 is 32.2 Å². The average molecular weight is 350 g/mol. The lowest BCUT2D eigenvalue weighted by atomic mass is 10.3. The quantitative estimate of drug-likeness (QED) is 0.448. The zero-order valence-corrected chi connectivity index (χ0v) is 11.5. The topological polar surface area (TPSA) is 174 Å². The van der Waals surface area contributed by atoms with Gasteiger partial charge in [0, 0.05) is 0 Å². The lowest BCUT2D eigenvalue weighted by Crippen LogP contribution is -2.12. The summed E-state index contributed by atoms with van der Waals surface area (Å²) in [5.74, 6) is -2.72. The van der Waals surface area contributed by atoms with Crippen molar-refractivity contribution in [3.05, 3.63) is 18.2 Å². The Kier molecular flexibility index (Phi) is 4.90. The molecule has 3 N–H and O–H groups in total. The standard InChI is InChI=1S/C6H6O11S3/c7-18(8)15-4-2-1-3-5(16-19(9,10)11)6(4)17-20(12,13)14/h1-3H,(H,7,8)(H,9,10,11)(H,12,13,14). The van der Waals surface area contributed by atoms with E-state index in [0.717, 1.165) is 18.2 Å². The average Bonchev–Trinajstić information content (AvgIpc) is 2.18. The summed E-state index contributed by atoms with van der Waals surface area (Å²) in [5.41, 5.74) is 0. The first-order chi connectivity index (χ1) is 8.98. The van der Waals surface area contributed by atoms with Crippen LogP contribution in [0.15, 0.2) is 18.2 Å². The highest BCUT2D eigenvalue weighted by molar-refractivity contribution is 7.81. The Morgan fingerprint density at radius 1 is 0.950 bits per heavy atom. The van der Waals surface area contributed by atoms with Crippen LogP contribution in [0.1, 0.15) is 0 Å². The lowest BCUT2D eigenvalue weighted by Gasteiger charge is -2.11. The maximum absolute atomic E-state index is 10.6. The Bertz CT molecular complexity index is 719. The van der Waals surface area contributed by atoms with Crippen molar-refractivity contribution in [1.82, 2.24) is 0 Å². The zero-order valence-electron chi connectivity index (χ0n) is 9.06. The van der Waals surface area contributed by atoms with E-state index in [9.17, 15) is 21.0 Å². The molecule has 11 nitrogen and oxygen atoms in total. The van der Waals surface area contributed by atoms with Gasteiger partial charge in [-0.2, -0.15) is 21.0 Å². The second-order valence-corrected chi connectivity index (χ2v) is 5.55. The van der Waals surface area contributed by atoms with Crippen molar-refractivity contribution < 1.29 is 47.3 Å². The van der Waals surface area contributed by atoms with E-state index in [1.807, 2.05) is 0 Å². The molecular formula is C6H6O11S3. The smallest absolute Gasteiger partial charge is 0.376 e. The Labute approximate surface area is 115 Å². The van der Waals surface area contributed by atoms with E-state index in [2.05, 4.69) is 12.5 Å². The van der Waals surface area contributed by atoms with Crippen LogP contribution in [-0.2, 0) is 32.2 Å². The highest BCUT2D eigenvalue weighted by Gasteiger charge is 2.23. The van der Waals surface area contributed by atoms with Crippen molar-refractivity contribution in [2.45, 2.75) is 0 Å². The summed E-state index contributed by atoms with van der Waals surface area (Å²) in [6, 6.07) is 2.76. The molecule has 0 heterocycles. The summed E-state index contributed by atoms with van der Waals surface area (Å²) >= 11 is -2.91. The largest absolute Gasteiger partial charge is 0.446 e. The molecule has 1 aromatic carbocycles. The van der Waals surface area contributed by atoms with Gasteiger partial charge in [0.1, 0.15) is 0 Å². The molecule has 0 saturated carbocycles. The highest BCUT2D eigenvalue weighted by Crippen LogP contribution is 2.38. The summed E-state index contributed by atoms with van der Waals surface area (Å²) in [5, 5.41) is 0. The molecule has 0 aliphatic carbocycles. The fraction of sp³-hybridized carbons (Fsp3) is 0. The number of benzene rings is 1. The minimum Gasteiger partial charge on any atom is -0.376 e. The molecule has 0 aliphatic rings. The zero-order chi connectivity index (χ0) is 15.6. The van der Waals surface area contributed by atoms with Crippen LogP contribution in [-0.4, -0.2) is 34.7 Å². The molecule has 0 spiro atoms. The van der Waals surface area contributed by atoms with Gasteiger partial charge in [0.05, 0.1) is 0 Å². The molecule has 0 amide bonds. The Morgan fingerprint density at radius 3 is 1.90 bits per heavy atom. The molecule has 1 rings (SSSR count). The normalized spacial score (nSPS) is 13.6. The summed E-state index contributed by atoms with van der Waals surface area (Å²) in [7, 11) is -10.2. The van der Waals surface area contributed by atoms with Crippen LogP contribution >= 0.6 is 0 Å². The van der Waals surface area contributed by atoms with E-state index >= 15 is 0 Å². The second kappa shape index (κ2) is 5.90. The van der Waals surface area contributed by atoms with Gasteiger partial charge < -0.3 is 12.5 Å². The molecular weight excluding hydrogens is 344 g/mol. The first-order valence-corrected chi connectivity index (χ1v) is 8.00. The SMILES string of the molecule is O=S(O)Oc1cccc(OS(=O)(=O)O)c1OS(=O)(=O)O. The number of para-hydroxylation sites is 1. The summed E-state index contributed by atoms with van der Waals surface area (Å²) in [6.45, 7) is 0. The van der Waals surface area contributed by atoms with Crippen molar-refractivity contribution in [3.8, 4) is 17.2 Å². The van der Waals surface area contributed by atoms with Crippen LogP contribution < -0.4 is 12.5 Å². The molecule has 1 atom stereocenters. The molecule has 0 fully saturated rings. The third-order valence-corrected chi connectivity index (χ3v) is 2.58. The van der Waals surface area contributed by atoms with E-state index in [-0.39, 0.29) is 0 Å². The fourth-order valence-corrected chi connectivity index (χ4v) is 2.02. The Morgan fingerprint density at radius 2 is 1.45 bits per heavy atom. The van der Waals surface area contributed by atoms with Crippen LogP contribution in [0.25, 0.3) is 0 Å². The molecule has 0 aromatic heterocycles. The van der Waals surface area contributed by atoms with E-state index in [1.54, 1.807) is 0 Å². The summed E-state index contributed by atoms with van der Waals surface area (Å²) in [4.78, 5) is 0. The Balaban J connectivity index is 3.39. The van der Waals surface area contributed by atoms with E-state index in [4.69, 9.17) is 13.7 Å². The highest BCUT2D eigenvalue weighted by atomic mass is 32.3. The summed E-state index contributed by atoms with van der Waals surface area (Å²) < 4.78 is 90.6. The molecule has 0 bridgehead atoms. The number of hydrogen-bond donors (Lipinski definition) is 3. The van der Waals surface area contributed by atoms with Crippen LogP contribution in [0.5, 0.6) is 17.2 Å². The van der Waals surface area contributed by atoms with Gasteiger partial charge in [0.25, 0.3) is 0 Å². The van der Waals surface area contributed by atoms with Gasteiger partial charge in [0.2, 0.25) is 5.75 Å². The van der Waals surface area contributed by atoms with Crippen molar-refractivity contribution in [1.29, 1.82) is 0 Å². The van der Waals surface area contributed by atoms with Gasteiger partial charge in [-0.3, -0.25) is 13.7 Å². The molecule has 1 aromatic rings. The van der Waals surface area contributed by atoms with Crippen LogP contribution in [0.4, 0.5) is 0 Å². The van der Waals surface area contributed by atoms with Gasteiger partial charge in [-0.15, -0.1) is 0 Å². The first kappa shape index (κ1) is 16.6. The third kappa shape index (κ3) is 5.68. The van der Waals surface area contributed by atoms with Crippen molar-refractivity contribution in [3.63, 3.8) is 0 Å². The maximum Gasteiger partial charge on any atom is 0.446 e. The van der Waals surface area contributed by atoms with Crippen LogP contribution in [0, 0.1) is 0 Å². The van der Waals surface area contributed by atoms with Gasteiger partial charge in [-0.1, -0.05) is 6.07 Å². The molecule has 0 aliphatic heterocycles. The number of hydrogen-bond acceptors (Lipinski definition) is 8. The van der Waals surface area contributed by atoms with Crippen molar-refractivity contribution in [2.75, 3.05) is 0 Å². The molecule has 114 valence electrons. The Hall–Kier alpha value is -1.45.